The quantitative estimate of drug-likeness (QED) is 0.851. The van der Waals surface area contributed by atoms with Crippen LogP contribution < -0.4 is 15.6 Å². The third kappa shape index (κ3) is 1.67. The number of ether oxygens (including phenoxy) is 3. The van der Waals surface area contributed by atoms with Crippen LogP contribution in [0, 0.1) is 0 Å². The molecule has 0 aromatic carbocycles. The highest BCUT2D eigenvalue weighted by atomic mass is 32.1. The molecule has 2 N–H and O–H groups in total. The zero-order chi connectivity index (χ0) is 13.6. The van der Waals surface area contributed by atoms with Gasteiger partial charge in [-0.2, -0.15) is 0 Å². The first kappa shape index (κ1) is 12.3. The molecule has 1 unspecified atom stereocenters. The summed E-state index contributed by atoms with van der Waals surface area (Å²) >= 11 is 1.47. The maximum absolute atomic E-state index is 5.76. The van der Waals surface area contributed by atoms with Crippen molar-refractivity contribution in [3.8, 4) is 0 Å². The lowest BCUT2D eigenvalue weighted by Crippen LogP contribution is -2.30. The van der Waals surface area contributed by atoms with Gasteiger partial charge in [0, 0.05) is 12.7 Å². The Kier molecular flexibility index (Phi) is 2.83. The molecule has 0 bridgehead atoms. The zero-order valence-electron chi connectivity index (χ0n) is 10.9. The maximum atomic E-state index is 5.76. The first-order chi connectivity index (χ1) is 9.19. The topological polar surface area (TPSA) is 66.6 Å². The minimum Gasteiger partial charge on any atom is -0.494 e. The third-order valence-corrected chi connectivity index (χ3v) is 4.06. The van der Waals surface area contributed by atoms with Crippen LogP contribution in [0.15, 0.2) is 23.2 Å². The normalized spacial score (nSPS) is 20.7. The van der Waals surface area contributed by atoms with Crippen molar-refractivity contribution in [2.45, 2.75) is 6.10 Å². The Balaban J connectivity index is 2.28. The Morgan fingerprint density at radius 3 is 2.63 bits per heavy atom. The Morgan fingerprint density at radius 2 is 2.00 bits per heavy atom. The molecule has 0 saturated carbocycles. The molecule has 1 aromatic heterocycles. The van der Waals surface area contributed by atoms with Gasteiger partial charge in [0.25, 0.3) is 0 Å². The molecule has 1 atom stereocenters. The lowest BCUT2D eigenvalue weighted by Gasteiger charge is -2.25. The van der Waals surface area contributed by atoms with Crippen molar-refractivity contribution in [2.75, 3.05) is 27.1 Å². The second-order valence-electron chi connectivity index (χ2n) is 4.18. The molecule has 6 heteroatoms. The summed E-state index contributed by atoms with van der Waals surface area (Å²) in [7, 11) is 4.86. The van der Waals surface area contributed by atoms with Crippen molar-refractivity contribution < 1.29 is 14.2 Å². The van der Waals surface area contributed by atoms with Crippen molar-refractivity contribution in [3.05, 3.63) is 33.0 Å². The van der Waals surface area contributed by atoms with E-state index >= 15 is 0 Å². The SMILES string of the molecule is COC1=C(OC)C(OC)C2=c3nc(N)sc3=CC2=C1. The molecule has 2 aliphatic rings. The molecule has 3 rings (SSSR count). The third-order valence-electron chi connectivity index (χ3n) is 3.23. The number of methoxy groups -OCH3 is 3. The first-order valence-electron chi connectivity index (χ1n) is 5.74. The smallest absolute Gasteiger partial charge is 0.181 e. The molecule has 100 valence electrons. The highest BCUT2D eigenvalue weighted by molar-refractivity contribution is 7.13. The summed E-state index contributed by atoms with van der Waals surface area (Å²) in [4.78, 5) is 4.38. The highest BCUT2D eigenvalue weighted by Crippen LogP contribution is 2.34. The molecule has 19 heavy (non-hydrogen) atoms. The number of nitrogen functional groups attached to an aromatic ring is 1. The number of nitrogens with two attached hydrogens (primary N) is 1. The number of fused-ring (bicyclic) bond motifs is 2. The van der Waals surface area contributed by atoms with Crippen LogP contribution in [-0.2, 0) is 14.2 Å². The molecule has 0 aliphatic heterocycles. The molecule has 2 aliphatic carbocycles. The minimum absolute atomic E-state index is 0.320. The van der Waals surface area contributed by atoms with Gasteiger partial charge in [0.1, 0.15) is 6.10 Å². The Hall–Kier alpha value is -1.79. The van der Waals surface area contributed by atoms with Crippen LogP contribution in [-0.4, -0.2) is 32.4 Å². The van der Waals surface area contributed by atoms with Crippen LogP contribution in [0.5, 0.6) is 0 Å². The van der Waals surface area contributed by atoms with Crippen LogP contribution in [0.2, 0.25) is 0 Å². The number of hydrogen-bond donors (Lipinski definition) is 1. The number of allylic oxidation sites excluding steroid dienone is 1. The fraction of sp³-hybridized carbons (Fsp3) is 0.308. The van der Waals surface area contributed by atoms with E-state index in [1.165, 1.54) is 11.3 Å². The van der Waals surface area contributed by atoms with Crippen LogP contribution in [0.1, 0.15) is 0 Å². The van der Waals surface area contributed by atoms with E-state index < -0.39 is 0 Å². The molecule has 0 amide bonds. The maximum Gasteiger partial charge on any atom is 0.181 e. The molecule has 1 aromatic rings. The fourth-order valence-electron chi connectivity index (χ4n) is 2.46. The fourth-order valence-corrected chi connectivity index (χ4v) is 3.26. The van der Waals surface area contributed by atoms with E-state index in [2.05, 4.69) is 11.1 Å². The summed E-state index contributed by atoms with van der Waals surface area (Å²) in [6.07, 6.45) is 3.67. The van der Waals surface area contributed by atoms with Gasteiger partial charge >= 0.3 is 0 Å². The molecule has 0 radical (unpaired) electrons. The molecule has 0 fully saturated rings. The van der Waals surface area contributed by atoms with E-state index in [1.54, 1.807) is 21.3 Å². The van der Waals surface area contributed by atoms with E-state index in [0.29, 0.717) is 16.6 Å². The average Bonchev–Trinajstić information content (AvgIpc) is 2.91. The number of rotatable bonds is 3. The van der Waals surface area contributed by atoms with Gasteiger partial charge in [-0.3, -0.25) is 0 Å². The van der Waals surface area contributed by atoms with E-state index in [1.807, 2.05) is 6.08 Å². The van der Waals surface area contributed by atoms with Gasteiger partial charge in [0.15, 0.2) is 16.6 Å². The van der Waals surface area contributed by atoms with Crippen molar-refractivity contribution in [1.29, 1.82) is 0 Å². The number of aromatic nitrogens is 1. The van der Waals surface area contributed by atoms with Crippen molar-refractivity contribution in [2.24, 2.45) is 0 Å². The van der Waals surface area contributed by atoms with Gasteiger partial charge in [-0.25, -0.2) is 4.98 Å². The minimum atomic E-state index is -0.320. The van der Waals surface area contributed by atoms with E-state index in [0.717, 1.165) is 21.0 Å². The second-order valence-corrected chi connectivity index (χ2v) is 5.24. The molecule has 0 saturated heterocycles. The molecule has 0 spiro atoms. The molecule has 1 heterocycles. The van der Waals surface area contributed by atoms with Crippen LogP contribution in [0.25, 0.3) is 11.6 Å². The number of nitrogens with zero attached hydrogens (tertiary/aromatic N) is 1. The number of hydrogen-bond acceptors (Lipinski definition) is 6. The first-order valence-corrected chi connectivity index (χ1v) is 6.56. The van der Waals surface area contributed by atoms with Gasteiger partial charge < -0.3 is 19.9 Å². The van der Waals surface area contributed by atoms with E-state index in [4.69, 9.17) is 19.9 Å². The van der Waals surface area contributed by atoms with Gasteiger partial charge in [-0.05, 0) is 17.7 Å². The summed E-state index contributed by atoms with van der Waals surface area (Å²) in [6, 6.07) is 0. The Morgan fingerprint density at radius 1 is 1.21 bits per heavy atom. The lowest BCUT2D eigenvalue weighted by atomic mass is 9.95. The van der Waals surface area contributed by atoms with Crippen molar-refractivity contribution >= 4 is 28.1 Å². The Bertz CT molecular complexity index is 715. The summed E-state index contributed by atoms with van der Waals surface area (Å²) in [5, 5.41) is 1.44. The summed E-state index contributed by atoms with van der Waals surface area (Å²) in [5.41, 5.74) is 7.79. The lowest BCUT2D eigenvalue weighted by molar-refractivity contribution is 0.101. The van der Waals surface area contributed by atoms with Gasteiger partial charge in [0.2, 0.25) is 0 Å². The average molecular weight is 278 g/mol. The van der Waals surface area contributed by atoms with Gasteiger partial charge in [-0.1, -0.05) is 11.3 Å². The summed E-state index contributed by atoms with van der Waals surface area (Å²) in [5.74, 6) is 1.32. The molecule has 5 nitrogen and oxygen atoms in total. The van der Waals surface area contributed by atoms with Crippen molar-refractivity contribution in [3.63, 3.8) is 0 Å². The predicted molar refractivity (Wildman–Crippen MR) is 73.6 cm³/mol. The number of anilines is 1. The predicted octanol–water partition coefficient (Wildman–Crippen LogP) is 0.129. The summed E-state index contributed by atoms with van der Waals surface area (Å²) in [6.45, 7) is 0. The van der Waals surface area contributed by atoms with Crippen molar-refractivity contribution in [1.82, 2.24) is 4.98 Å². The zero-order valence-corrected chi connectivity index (χ0v) is 11.7. The van der Waals surface area contributed by atoms with E-state index in [-0.39, 0.29) is 6.10 Å². The van der Waals surface area contributed by atoms with Crippen LogP contribution in [0.4, 0.5) is 5.13 Å². The monoisotopic (exact) mass is 278 g/mol. The second kappa shape index (κ2) is 4.40. The molecular formula is C13H14N2O3S. The number of thiazole rings is 1. The standard InChI is InChI=1S/C13H14N2O3S/c1-16-7-4-6-5-8-10(15-13(14)19-8)9(6)12(18-3)11(7)17-2/h4-5,12H,1-3H3,(H2,14,15). The molecular weight excluding hydrogens is 264 g/mol. The van der Waals surface area contributed by atoms with Crippen LogP contribution in [0.3, 0.4) is 0 Å². The van der Waals surface area contributed by atoms with Crippen LogP contribution >= 0.6 is 11.3 Å². The summed E-state index contributed by atoms with van der Waals surface area (Å²) < 4.78 is 17.4. The Labute approximate surface area is 114 Å². The van der Waals surface area contributed by atoms with Gasteiger partial charge in [-0.15, -0.1) is 0 Å². The van der Waals surface area contributed by atoms with E-state index in [9.17, 15) is 0 Å². The van der Waals surface area contributed by atoms with Gasteiger partial charge in [0.05, 0.1) is 24.1 Å². The highest BCUT2D eigenvalue weighted by Gasteiger charge is 2.33. The largest absolute Gasteiger partial charge is 0.494 e.